The molecule has 155 valence electrons. The molecule has 0 heterocycles. The summed E-state index contributed by atoms with van der Waals surface area (Å²) < 4.78 is 31.1. The van der Waals surface area contributed by atoms with E-state index >= 15 is 0 Å². The van der Waals surface area contributed by atoms with Crippen molar-refractivity contribution in [2.75, 3.05) is 0 Å². The molecule has 32 heavy (non-hydrogen) atoms. The molecule has 1 radical (unpaired) electrons. The van der Waals surface area contributed by atoms with Gasteiger partial charge in [-0.05, 0) is 60.0 Å². The molecule has 0 unspecified atom stereocenters. The number of hydrogen-bond donors (Lipinski definition) is 2. The van der Waals surface area contributed by atoms with E-state index in [1.54, 1.807) is 30.3 Å². The minimum absolute atomic E-state index is 0. The standard InChI is InChI=1S/C22H16N4O4S.Li/c27-21-14-5-15-3-1-2-4-20(15)22(21)26-25-17-8-6-16(7-9-17)23-24-18-10-12-19(13-11-18)31(28,29)30;/h1-14,27H,(H,28,29,30);. The zero-order valence-electron chi connectivity index (χ0n) is 17.0. The van der Waals surface area contributed by atoms with Gasteiger partial charge in [0.2, 0.25) is 0 Å². The number of aromatic hydroxyl groups is 1. The first kappa shape index (κ1) is 23.3. The summed E-state index contributed by atoms with van der Waals surface area (Å²) in [6.07, 6.45) is 0. The first-order chi connectivity index (χ1) is 14.9. The third kappa shape index (κ3) is 5.46. The van der Waals surface area contributed by atoms with Crippen LogP contribution in [0.15, 0.2) is 110 Å². The van der Waals surface area contributed by atoms with Crippen molar-refractivity contribution in [3.05, 3.63) is 84.9 Å². The van der Waals surface area contributed by atoms with Gasteiger partial charge in [-0.25, -0.2) is 0 Å². The van der Waals surface area contributed by atoms with E-state index < -0.39 is 10.1 Å². The second-order valence-corrected chi connectivity index (χ2v) is 7.96. The summed E-state index contributed by atoms with van der Waals surface area (Å²) in [7, 11) is -4.24. The van der Waals surface area contributed by atoms with Crippen molar-refractivity contribution in [1.29, 1.82) is 0 Å². The van der Waals surface area contributed by atoms with Crippen LogP contribution in [0, 0.1) is 0 Å². The average Bonchev–Trinajstić information content (AvgIpc) is 2.77. The smallest absolute Gasteiger partial charge is 0.294 e. The fourth-order valence-corrected chi connectivity index (χ4v) is 3.32. The van der Waals surface area contributed by atoms with Crippen LogP contribution in [0.3, 0.4) is 0 Å². The van der Waals surface area contributed by atoms with Gasteiger partial charge in [0, 0.05) is 24.2 Å². The van der Waals surface area contributed by atoms with E-state index in [2.05, 4.69) is 20.5 Å². The van der Waals surface area contributed by atoms with Crippen LogP contribution in [0.25, 0.3) is 10.8 Å². The fraction of sp³-hybridized carbons (Fsp3) is 0. The molecule has 0 aliphatic rings. The third-order valence-electron chi connectivity index (χ3n) is 4.41. The Hall–Kier alpha value is -3.35. The van der Waals surface area contributed by atoms with Crippen LogP contribution in [0.4, 0.5) is 22.7 Å². The Morgan fingerprint density at radius 3 is 1.69 bits per heavy atom. The van der Waals surface area contributed by atoms with E-state index in [9.17, 15) is 13.5 Å². The van der Waals surface area contributed by atoms with Crippen molar-refractivity contribution < 1.29 is 18.1 Å². The predicted molar refractivity (Wildman–Crippen MR) is 122 cm³/mol. The Morgan fingerprint density at radius 2 is 1.12 bits per heavy atom. The van der Waals surface area contributed by atoms with Crippen molar-refractivity contribution in [3.8, 4) is 5.75 Å². The van der Waals surface area contributed by atoms with Crippen LogP contribution in [0.2, 0.25) is 0 Å². The topological polar surface area (TPSA) is 124 Å². The third-order valence-corrected chi connectivity index (χ3v) is 5.28. The van der Waals surface area contributed by atoms with Crippen molar-refractivity contribution in [3.63, 3.8) is 0 Å². The number of phenols is 1. The molecule has 0 saturated carbocycles. The maximum Gasteiger partial charge on any atom is 0.294 e. The van der Waals surface area contributed by atoms with Crippen molar-refractivity contribution >= 4 is 62.5 Å². The number of azo groups is 2. The van der Waals surface area contributed by atoms with Crippen LogP contribution in [0.5, 0.6) is 5.75 Å². The average molecular weight is 439 g/mol. The molecule has 4 rings (SSSR count). The van der Waals surface area contributed by atoms with Gasteiger partial charge >= 0.3 is 0 Å². The Labute approximate surface area is 196 Å². The van der Waals surface area contributed by atoms with Crippen LogP contribution in [0.1, 0.15) is 0 Å². The number of hydrogen-bond acceptors (Lipinski definition) is 7. The van der Waals surface area contributed by atoms with Gasteiger partial charge in [0.1, 0.15) is 11.4 Å². The second kappa shape index (κ2) is 9.85. The van der Waals surface area contributed by atoms with E-state index in [0.29, 0.717) is 22.7 Å². The van der Waals surface area contributed by atoms with E-state index in [0.717, 1.165) is 10.8 Å². The van der Waals surface area contributed by atoms with Crippen LogP contribution in [-0.2, 0) is 10.1 Å². The molecule has 0 amide bonds. The van der Waals surface area contributed by atoms with E-state index in [4.69, 9.17) is 4.55 Å². The summed E-state index contributed by atoms with van der Waals surface area (Å²) >= 11 is 0. The fourth-order valence-electron chi connectivity index (χ4n) is 2.84. The molecule has 0 spiro atoms. The van der Waals surface area contributed by atoms with Gasteiger partial charge in [0.25, 0.3) is 10.1 Å². The van der Waals surface area contributed by atoms with Gasteiger partial charge in [0.15, 0.2) is 0 Å². The van der Waals surface area contributed by atoms with Crippen molar-refractivity contribution in [2.45, 2.75) is 4.90 Å². The molecular weight excluding hydrogens is 423 g/mol. The van der Waals surface area contributed by atoms with Crippen LogP contribution in [-0.4, -0.2) is 36.9 Å². The van der Waals surface area contributed by atoms with Crippen molar-refractivity contribution in [1.82, 2.24) is 0 Å². The van der Waals surface area contributed by atoms with Gasteiger partial charge in [-0.2, -0.15) is 23.8 Å². The molecule has 0 aliphatic carbocycles. The maximum atomic E-state index is 11.1. The summed E-state index contributed by atoms with van der Waals surface area (Å²) in [5.41, 5.74) is 1.97. The molecule has 10 heteroatoms. The summed E-state index contributed by atoms with van der Waals surface area (Å²) in [6, 6.07) is 23.2. The zero-order valence-corrected chi connectivity index (χ0v) is 17.8. The molecule has 0 bridgehead atoms. The Bertz CT molecular complexity index is 1400. The molecule has 0 fully saturated rings. The number of phenolic OH excluding ortho intramolecular Hbond substituents is 1. The van der Waals surface area contributed by atoms with Gasteiger partial charge in [-0.1, -0.05) is 30.3 Å². The number of fused-ring (bicyclic) bond motifs is 1. The molecule has 0 saturated heterocycles. The molecule has 4 aromatic rings. The maximum absolute atomic E-state index is 11.1. The normalized spacial score (nSPS) is 11.8. The molecule has 0 atom stereocenters. The molecule has 8 nitrogen and oxygen atoms in total. The van der Waals surface area contributed by atoms with Crippen LogP contribution >= 0.6 is 0 Å². The molecule has 4 aromatic carbocycles. The van der Waals surface area contributed by atoms with E-state index in [1.165, 1.54) is 24.3 Å². The molecular formula is C22H16LiN4O4S. The number of rotatable bonds is 5. The summed E-state index contributed by atoms with van der Waals surface area (Å²) in [4.78, 5) is -0.210. The molecule has 0 aromatic heterocycles. The first-order valence-electron chi connectivity index (χ1n) is 9.12. The first-order valence-corrected chi connectivity index (χ1v) is 10.6. The SMILES string of the molecule is O=S(=O)(O)c1ccc(N=Nc2ccc(N=Nc3c(O)ccc4ccccc34)cc2)cc1.[Li]. The van der Waals surface area contributed by atoms with Crippen LogP contribution < -0.4 is 0 Å². The Morgan fingerprint density at radius 1 is 0.625 bits per heavy atom. The minimum atomic E-state index is -4.24. The zero-order chi connectivity index (χ0) is 21.8. The Kier molecular flexibility index (Phi) is 7.18. The van der Waals surface area contributed by atoms with Crippen molar-refractivity contribution in [2.24, 2.45) is 20.5 Å². The molecule has 0 aliphatic heterocycles. The largest absolute Gasteiger partial charge is 0.506 e. The number of benzene rings is 4. The van der Waals surface area contributed by atoms with Gasteiger partial charge in [-0.15, -0.1) is 5.11 Å². The monoisotopic (exact) mass is 439 g/mol. The quantitative estimate of drug-likeness (QED) is 0.217. The van der Waals surface area contributed by atoms with E-state index in [1.807, 2.05) is 30.3 Å². The van der Waals surface area contributed by atoms with Gasteiger partial charge in [0.05, 0.1) is 22.0 Å². The Balaban J connectivity index is 0.00000289. The summed E-state index contributed by atoms with van der Waals surface area (Å²) in [5, 5.41) is 28.4. The minimum Gasteiger partial charge on any atom is -0.506 e. The second-order valence-electron chi connectivity index (χ2n) is 6.54. The summed E-state index contributed by atoms with van der Waals surface area (Å²) in [6.45, 7) is 0. The van der Waals surface area contributed by atoms with E-state index in [-0.39, 0.29) is 29.5 Å². The predicted octanol–water partition coefficient (Wildman–Crippen LogP) is 6.24. The number of nitrogens with zero attached hydrogens (tertiary/aromatic N) is 4. The molecule has 2 N–H and O–H groups in total. The van der Waals surface area contributed by atoms with Gasteiger partial charge < -0.3 is 5.11 Å². The summed E-state index contributed by atoms with van der Waals surface area (Å²) in [5.74, 6) is 0.0490. The van der Waals surface area contributed by atoms with Gasteiger partial charge in [-0.3, -0.25) is 4.55 Å².